The molecule has 0 saturated carbocycles. The van der Waals surface area contributed by atoms with E-state index in [4.69, 9.17) is 21.7 Å². The summed E-state index contributed by atoms with van der Waals surface area (Å²) in [7, 11) is 2.94. The fraction of sp³-hybridized carbons (Fsp3) is 0.0909. The van der Waals surface area contributed by atoms with Gasteiger partial charge < -0.3 is 14.8 Å². The molecule has 10 heteroatoms. The Bertz CT molecular complexity index is 1280. The van der Waals surface area contributed by atoms with E-state index >= 15 is 0 Å². The van der Waals surface area contributed by atoms with Crippen LogP contribution in [0.2, 0.25) is 0 Å². The molecule has 8 nitrogen and oxygen atoms in total. The average molecular weight is 451 g/mol. The summed E-state index contributed by atoms with van der Waals surface area (Å²) >= 11 is 5.29. The first-order valence-electron chi connectivity index (χ1n) is 9.45. The molecule has 0 fully saturated rings. The zero-order valence-corrected chi connectivity index (χ0v) is 17.9. The molecule has 0 aliphatic heterocycles. The highest BCUT2D eigenvalue weighted by Gasteiger charge is 2.19. The van der Waals surface area contributed by atoms with Crippen molar-refractivity contribution in [3.05, 3.63) is 72.0 Å². The molecular formula is C22H18FN5O3S. The normalized spacial score (nSPS) is 10.6. The number of methoxy groups -OCH3 is 2. The molecule has 2 N–H and O–H groups in total. The monoisotopic (exact) mass is 451 g/mol. The zero-order valence-electron chi connectivity index (χ0n) is 17.1. The lowest BCUT2D eigenvalue weighted by molar-refractivity contribution is 0.0971. The lowest BCUT2D eigenvalue weighted by Gasteiger charge is -2.14. The van der Waals surface area contributed by atoms with Gasteiger partial charge >= 0.3 is 0 Å². The molecule has 32 heavy (non-hydrogen) atoms. The quantitative estimate of drug-likeness (QED) is 0.447. The number of nitrogens with zero attached hydrogens (tertiary/aromatic N) is 3. The number of halogens is 1. The van der Waals surface area contributed by atoms with Gasteiger partial charge in [0.1, 0.15) is 33.9 Å². The van der Waals surface area contributed by atoms with Crippen LogP contribution in [0.5, 0.6) is 11.5 Å². The molecule has 4 aromatic rings. The number of hydrogen-bond acceptors (Lipinski definition) is 6. The molecule has 3 aromatic carbocycles. The zero-order chi connectivity index (χ0) is 22.7. The van der Waals surface area contributed by atoms with Gasteiger partial charge in [0.25, 0.3) is 5.91 Å². The van der Waals surface area contributed by atoms with Crippen LogP contribution in [0.1, 0.15) is 10.4 Å². The maximum Gasteiger partial charge on any atom is 0.264 e. The van der Waals surface area contributed by atoms with Gasteiger partial charge in [-0.25, -0.2) is 4.39 Å². The maximum absolute atomic E-state index is 13.2. The van der Waals surface area contributed by atoms with E-state index in [0.717, 1.165) is 0 Å². The van der Waals surface area contributed by atoms with Gasteiger partial charge in [0, 0.05) is 5.69 Å². The number of carbonyl (C=O) groups is 1. The number of benzene rings is 3. The van der Waals surface area contributed by atoms with Crippen LogP contribution < -0.4 is 20.1 Å². The van der Waals surface area contributed by atoms with Gasteiger partial charge in [0.2, 0.25) is 0 Å². The Morgan fingerprint density at radius 3 is 2.28 bits per heavy atom. The highest BCUT2D eigenvalue weighted by molar-refractivity contribution is 7.80. The Hall–Kier alpha value is -4.05. The molecule has 0 bridgehead atoms. The van der Waals surface area contributed by atoms with Crippen LogP contribution in [-0.2, 0) is 0 Å². The Balaban J connectivity index is 1.50. The molecule has 0 aliphatic rings. The number of hydrogen-bond donors (Lipinski definition) is 2. The third-order valence-corrected chi connectivity index (χ3v) is 4.78. The fourth-order valence-electron chi connectivity index (χ4n) is 3.09. The van der Waals surface area contributed by atoms with Gasteiger partial charge in [-0.15, -0.1) is 10.2 Å². The van der Waals surface area contributed by atoms with Crippen molar-refractivity contribution >= 4 is 40.0 Å². The van der Waals surface area contributed by atoms with Crippen LogP contribution in [0.15, 0.2) is 60.7 Å². The number of nitrogens with one attached hydrogen (secondary N) is 2. The molecule has 0 radical (unpaired) electrons. The Morgan fingerprint density at radius 2 is 1.62 bits per heavy atom. The van der Waals surface area contributed by atoms with E-state index in [-0.39, 0.29) is 16.5 Å². The predicted octanol–water partition coefficient (Wildman–Crippen LogP) is 3.70. The molecule has 0 saturated heterocycles. The lowest BCUT2D eigenvalue weighted by Crippen LogP contribution is -2.34. The van der Waals surface area contributed by atoms with Gasteiger partial charge in [-0.1, -0.05) is 6.07 Å². The first-order chi connectivity index (χ1) is 15.5. The molecule has 0 unspecified atom stereocenters. The minimum atomic E-state index is -0.472. The maximum atomic E-state index is 13.2. The largest absolute Gasteiger partial charge is 0.496 e. The number of thiocarbonyl (C=S) groups is 1. The number of carbonyl (C=O) groups excluding carboxylic acids is 1. The lowest BCUT2D eigenvalue weighted by atomic mass is 10.1. The molecule has 4 rings (SSSR count). The standard InChI is InChI=1S/C22H18FN5O3S/c1-30-18-4-3-5-19(31-2)20(18)21(29)25-22(32)24-14-8-11-16-17(12-14)27-28(26-16)15-9-6-13(23)7-10-15/h3-12H,1-2H3,(H2,24,25,29,32). The van der Waals surface area contributed by atoms with Crippen LogP contribution in [0.4, 0.5) is 10.1 Å². The fourth-order valence-corrected chi connectivity index (χ4v) is 3.30. The number of rotatable bonds is 5. The molecule has 0 spiro atoms. The summed E-state index contributed by atoms with van der Waals surface area (Å²) in [6, 6.07) is 16.2. The van der Waals surface area contributed by atoms with E-state index in [2.05, 4.69) is 20.8 Å². The van der Waals surface area contributed by atoms with Crippen molar-refractivity contribution in [3.8, 4) is 17.2 Å². The van der Waals surface area contributed by atoms with Crippen molar-refractivity contribution in [1.29, 1.82) is 0 Å². The van der Waals surface area contributed by atoms with Crippen LogP contribution in [0.25, 0.3) is 16.7 Å². The van der Waals surface area contributed by atoms with Crippen molar-refractivity contribution in [2.75, 3.05) is 19.5 Å². The smallest absolute Gasteiger partial charge is 0.264 e. The van der Waals surface area contributed by atoms with Gasteiger partial charge in [0.15, 0.2) is 5.11 Å². The van der Waals surface area contributed by atoms with Gasteiger partial charge in [-0.3, -0.25) is 10.1 Å². The molecule has 162 valence electrons. The summed E-state index contributed by atoms with van der Waals surface area (Å²) in [4.78, 5) is 14.2. The number of amides is 1. The number of fused-ring (bicyclic) bond motifs is 1. The van der Waals surface area contributed by atoms with E-state index < -0.39 is 5.91 Å². The Morgan fingerprint density at radius 1 is 0.969 bits per heavy atom. The van der Waals surface area contributed by atoms with E-state index in [9.17, 15) is 9.18 Å². The highest BCUT2D eigenvalue weighted by atomic mass is 32.1. The summed E-state index contributed by atoms with van der Waals surface area (Å²) in [5, 5.41) is 14.5. The van der Waals surface area contributed by atoms with E-state index in [1.165, 1.54) is 31.1 Å². The van der Waals surface area contributed by atoms with Crippen molar-refractivity contribution in [1.82, 2.24) is 20.3 Å². The van der Waals surface area contributed by atoms with E-state index in [1.807, 2.05) is 0 Å². The topological polar surface area (TPSA) is 90.3 Å². The minimum Gasteiger partial charge on any atom is -0.496 e. The van der Waals surface area contributed by atoms with Crippen LogP contribution >= 0.6 is 12.2 Å². The van der Waals surface area contributed by atoms with E-state index in [0.29, 0.717) is 33.9 Å². The Labute approximate surface area is 187 Å². The summed E-state index contributed by atoms with van der Waals surface area (Å²) in [6.45, 7) is 0. The second-order valence-corrected chi connectivity index (χ2v) is 7.02. The van der Waals surface area contributed by atoms with Crippen molar-refractivity contribution in [2.45, 2.75) is 0 Å². The summed E-state index contributed by atoms with van der Waals surface area (Å²) in [5.41, 5.74) is 2.72. The minimum absolute atomic E-state index is 0.0910. The summed E-state index contributed by atoms with van der Waals surface area (Å²) in [5.74, 6) is -0.0784. The second-order valence-electron chi connectivity index (χ2n) is 6.62. The van der Waals surface area contributed by atoms with Crippen LogP contribution in [0.3, 0.4) is 0 Å². The first-order valence-corrected chi connectivity index (χ1v) is 9.85. The predicted molar refractivity (Wildman–Crippen MR) is 122 cm³/mol. The summed E-state index contributed by atoms with van der Waals surface area (Å²) in [6.07, 6.45) is 0. The molecular weight excluding hydrogens is 433 g/mol. The molecule has 1 heterocycles. The van der Waals surface area contributed by atoms with Gasteiger partial charge in [0.05, 0.1) is 19.9 Å². The van der Waals surface area contributed by atoms with Crippen LogP contribution in [-0.4, -0.2) is 40.2 Å². The second kappa shape index (κ2) is 8.98. The third kappa shape index (κ3) is 4.35. The van der Waals surface area contributed by atoms with Crippen molar-refractivity contribution in [3.63, 3.8) is 0 Å². The summed E-state index contributed by atoms with van der Waals surface area (Å²) < 4.78 is 23.7. The molecule has 0 atom stereocenters. The SMILES string of the molecule is COc1cccc(OC)c1C(=O)NC(=S)Nc1ccc2nn(-c3ccc(F)cc3)nc2c1. The number of anilines is 1. The van der Waals surface area contributed by atoms with E-state index in [1.54, 1.807) is 48.5 Å². The van der Waals surface area contributed by atoms with Crippen LogP contribution in [0, 0.1) is 5.82 Å². The Kier molecular flexibility index (Phi) is 5.95. The van der Waals surface area contributed by atoms with Gasteiger partial charge in [-0.2, -0.15) is 4.80 Å². The highest BCUT2D eigenvalue weighted by Crippen LogP contribution is 2.28. The molecule has 0 aliphatic carbocycles. The molecule has 1 amide bonds. The van der Waals surface area contributed by atoms with Crippen molar-refractivity contribution < 1.29 is 18.7 Å². The third-order valence-electron chi connectivity index (χ3n) is 4.58. The first kappa shape index (κ1) is 21.2. The number of ether oxygens (including phenoxy) is 2. The van der Waals surface area contributed by atoms with Crippen molar-refractivity contribution in [2.24, 2.45) is 0 Å². The van der Waals surface area contributed by atoms with Gasteiger partial charge in [-0.05, 0) is 66.8 Å². The number of aromatic nitrogens is 3. The average Bonchev–Trinajstić information content (AvgIpc) is 3.22. The molecule has 1 aromatic heterocycles.